The molecular formula is C20H20N2O4. The lowest BCUT2D eigenvalue weighted by Gasteiger charge is -2.44. The number of nitrogens with zero attached hydrogens (tertiary/aromatic N) is 2. The Labute approximate surface area is 151 Å². The summed E-state index contributed by atoms with van der Waals surface area (Å²) in [4.78, 5) is 24.9. The van der Waals surface area contributed by atoms with E-state index in [1.54, 1.807) is 17.0 Å². The van der Waals surface area contributed by atoms with Gasteiger partial charge in [-0.15, -0.1) is 0 Å². The van der Waals surface area contributed by atoms with Crippen LogP contribution < -0.4 is 4.74 Å². The number of piperidine rings is 1. The van der Waals surface area contributed by atoms with Crippen LogP contribution in [-0.4, -0.2) is 34.4 Å². The third-order valence-electron chi connectivity index (χ3n) is 5.41. The molecule has 134 valence electrons. The maximum Gasteiger partial charge on any atom is 0.270 e. The maximum atomic E-state index is 12.7. The zero-order valence-corrected chi connectivity index (χ0v) is 14.4. The van der Waals surface area contributed by atoms with Crippen molar-refractivity contribution in [3.05, 3.63) is 69.8 Å². The molecule has 1 saturated heterocycles. The summed E-state index contributed by atoms with van der Waals surface area (Å²) >= 11 is 0. The van der Waals surface area contributed by atoms with Crippen LogP contribution >= 0.6 is 0 Å². The summed E-state index contributed by atoms with van der Waals surface area (Å²) in [6.45, 7) is 1.20. The van der Waals surface area contributed by atoms with Gasteiger partial charge in [-0.05, 0) is 30.5 Å². The zero-order valence-electron chi connectivity index (χ0n) is 14.4. The molecule has 2 aliphatic heterocycles. The van der Waals surface area contributed by atoms with Crippen molar-refractivity contribution in [2.75, 3.05) is 13.1 Å². The number of non-ortho nitro benzene ring substituents is 1. The largest absolute Gasteiger partial charge is 0.487 e. The first kappa shape index (κ1) is 16.6. The minimum Gasteiger partial charge on any atom is -0.487 e. The van der Waals surface area contributed by atoms with Gasteiger partial charge in [0.15, 0.2) is 0 Å². The van der Waals surface area contributed by atoms with Crippen molar-refractivity contribution in [1.82, 2.24) is 4.90 Å². The molecule has 2 aromatic carbocycles. The second-order valence-electron chi connectivity index (χ2n) is 6.99. The standard InChI is InChI=1S/C20H20N2O4/c23-19(16-5-3-6-17(14-16)22(24)25)21-12-10-20(11-13-21)9-8-15-4-1-2-7-18(15)26-20/h1-7,14H,8-13H2. The molecule has 2 aliphatic rings. The third-order valence-corrected chi connectivity index (χ3v) is 5.41. The Balaban J connectivity index is 1.45. The lowest BCUT2D eigenvalue weighted by atomic mass is 9.83. The van der Waals surface area contributed by atoms with Gasteiger partial charge in [0.25, 0.3) is 11.6 Å². The molecular weight excluding hydrogens is 332 g/mol. The van der Waals surface area contributed by atoms with Gasteiger partial charge in [-0.1, -0.05) is 24.3 Å². The Bertz CT molecular complexity index is 856. The van der Waals surface area contributed by atoms with Crippen LogP contribution in [-0.2, 0) is 6.42 Å². The van der Waals surface area contributed by atoms with Gasteiger partial charge in [0.1, 0.15) is 11.4 Å². The number of amides is 1. The van der Waals surface area contributed by atoms with Crippen LogP contribution in [0.2, 0.25) is 0 Å². The van der Waals surface area contributed by atoms with Crippen LogP contribution in [0.1, 0.15) is 35.2 Å². The summed E-state index contributed by atoms with van der Waals surface area (Å²) in [5.74, 6) is 0.803. The average Bonchev–Trinajstić information content (AvgIpc) is 2.68. The van der Waals surface area contributed by atoms with Crippen molar-refractivity contribution >= 4 is 11.6 Å². The molecule has 0 N–H and O–H groups in total. The summed E-state index contributed by atoms with van der Waals surface area (Å²) in [7, 11) is 0. The van der Waals surface area contributed by atoms with E-state index in [0.29, 0.717) is 18.7 Å². The topological polar surface area (TPSA) is 72.7 Å². The van der Waals surface area contributed by atoms with Crippen molar-refractivity contribution in [1.29, 1.82) is 0 Å². The second kappa shape index (κ2) is 6.44. The Morgan fingerprint density at radius 2 is 1.85 bits per heavy atom. The van der Waals surface area contributed by atoms with E-state index in [1.807, 2.05) is 18.2 Å². The number of para-hydroxylation sites is 1. The molecule has 0 radical (unpaired) electrons. The van der Waals surface area contributed by atoms with Crippen molar-refractivity contribution < 1.29 is 14.5 Å². The van der Waals surface area contributed by atoms with E-state index in [0.717, 1.165) is 31.4 Å². The van der Waals surface area contributed by atoms with Gasteiger partial charge in [0.2, 0.25) is 0 Å². The molecule has 6 nitrogen and oxygen atoms in total. The second-order valence-corrected chi connectivity index (χ2v) is 6.99. The fourth-order valence-electron chi connectivity index (χ4n) is 3.86. The van der Waals surface area contributed by atoms with Crippen molar-refractivity contribution in [2.24, 2.45) is 0 Å². The third kappa shape index (κ3) is 3.03. The minimum absolute atomic E-state index is 0.0587. The number of aryl methyl sites for hydroxylation is 1. The highest BCUT2D eigenvalue weighted by Crippen LogP contribution is 2.39. The summed E-state index contributed by atoms with van der Waals surface area (Å²) < 4.78 is 6.32. The smallest absolute Gasteiger partial charge is 0.270 e. The van der Waals surface area contributed by atoms with Crippen LogP contribution in [0.4, 0.5) is 5.69 Å². The lowest BCUT2D eigenvalue weighted by Crippen LogP contribution is -2.51. The van der Waals surface area contributed by atoms with Crippen LogP contribution in [0.3, 0.4) is 0 Å². The number of ether oxygens (including phenoxy) is 1. The predicted molar refractivity (Wildman–Crippen MR) is 96.4 cm³/mol. The molecule has 0 bridgehead atoms. The predicted octanol–water partition coefficient (Wildman–Crippen LogP) is 3.59. The number of nitro benzene ring substituents is 1. The number of hydrogen-bond acceptors (Lipinski definition) is 4. The molecule has 0 atom stereocenters. The summed E-state index contributed by atoms with van der Waals surface area (Å²) in [5, 5.41) is 10.9. The summed E-state index contributed by atoms with van der Waals surface area (Å²) in [5.41, 5.74) is 1.35. The maximum absolute atomic E-state index is 12.7. The monoisotopic (exact) mass is 352 g/mol. The van der Waals surface area contributed by atoms with E-state index in [9.17, 15) is 14.9 Å². The fourth-order valence-corrected chi connectivity index (χ4v) is 3.86. The van der Waals surface area contributed by atoms with Crippen LogP contribution in [0.5, 0.6) is 5.75 Å². The van der Waals surface area contributed by atoms with Gasteiger partial charge in [0, 0.05) is 43.6 Å². The number of benzene rings is 2. The van der Waals surface area contributed by atoms with E-state index in [4.69, 9.17) is 4.74 Å². The van der Waals surface area contributed by atoms with Gasteiger partial charge in [-0.2, -0.15) is 0 Å². The normalized spacial score (nSPS) is 18.1. The molecule has 2 aromatic rings. The van der Waals surface area contributed by atoms with E-state index < -0.39 is 4.92 Å². The number of rotatable bonds is 2. The number of hydrogen-bond donors (Lipinski definition) is 0. The number of fused-ring (bicyclic) bond motifs is 1. The van der Waals surface area contributed by atoms with Crippen molar-refractivity contribution in [3.63, 3.8) is 0 Å². The first-order valence-electron chi connectivity index (χ1n) is 8.87. The molecule has 0 saturated carbocycles. The molecule has 4 rings (SSSR count). The Morgan fingerprint density at radius 3 is 2.62 bits per heavy atom. The zero-order chi connectivity index (χ0) is 18.1. The van der Waals surface area contributed by atoms with Crippen LogP contribution in [0.15, 0.2) is 48.5 Å². The van der Waals surface area contributed by atoms with Gasteiger partial charge < -0.3 is 9.64 Å². The average molecular weight is 352 g/mol. The summed E-state index contributed by atoms with van der Waals surface area (Å²) in [6.07, 6.45) is 3.52. The minimum atomic E-state index is -0.477. The van der Waals surface area contributed by atoms with Crippen LogP contribution in [0, 0.1) is 10.1 Å². The van der Waals surface area contributed by atoms with E-state index >= 15 is 0 Å². The molecule has 0 aliphatic carbocycles. The number of likely N-dealkylation sites (tertiary alicyclic amines) is 1. The molecule has 0 aromatic heterocycles. The molecule has 6 heteroatoms. The highest BCUT2D eigenvalue weighted by molar-refractivity contribution is 5.94. The Hall–Kier alpha value is -2.89. The highest BCUT2D eigenvalue weighted by atomic mass is 16.6. The van der Waals surface area contributed by atoms with Crippen LogP contribution in [0.25, 0.3) is 0 Å². The van der Waals surface area contributed by atoms with Crippen molar-refractivity contribution in [2.45, 2.75) is 31.3 Å². The molecule has 26 heavy (non-hydrogen) atoms. The van der Waals surface area contributed by atoms with Gasteiger partial charge in [-0.3, -0.25) is 14.9 Å². The lowest BCUT2D eigenvalue weighted by molar-refractivity contribution is -0.384. The fraction of sp³-hybridized carbons (Fsp3) is 0.350. The van der Waals surface area contributed by atoms with Gasteiger partial charge in [-0.25, -0.2) is 0 Å². The Kier molecular flexibility index (Phi) is 4.11. The molecule has 1 spiro atoms. The summed E-state index contributed by atoms with van der Waals surface area (Å²) in [6, 6.07) is 14.1. The SMILES string of the molecule is O=C(c1cccc([N+](=O)[O-])c1)N1CCC2(CCc3ccccc3O2)CC1. The first-order valence-corrected chi connectivity index (χ1v) is 8.87. The van der Waals surface area contributed by atoms with Crippen molar-refractivity contribution in [3.8, 4) is 5.75 Å². The quantitative estimate of drug-likeness (QED) is 0.611. The number of carbonyl (C=O) groups excluding carboxylic acids is 1. The van der Waals surface area contributed by atoms with E-state index in [2.05, 4.69) is 6.07 Å². The van der Waals surface area contributed by atoms with Gasteiger partial charge in [0.05, 0.1) is 4.92 Å². The highest BCUT2D eigenvalue weighted by Gasteiger charge is 2.40. The first-order chi connectivity index (χ1) is 12.6. The number of nitro groups is 1. The molecule has 0 unspecified atom stereocenters. The molecule has 1 fully saturated rings. The Morgan fingerprint density at radius 1 is 1.08 bits per heavy atom. The van der Waals surface area contributed by atoms with E-state index in [-0.39, 0.29) is 17.2 Å². The number of carbonyl (C=O) groups is 1. The van der Waals surface area contributed by atoms with E-state index in [1.165, 1.54) is 17.7 Å². The van der Waals surface area contributed by atoms with Gasteiger partial charge >= 0.3 is 0 Å². The molecule has 1 amide bonds. The molecule has 2 heterocycles.